The molecule has 3 aliphatic rings. The summed E-state index contributed by atoms with van der Waals surface area (Å²) in [7, 11) is -1.40. The molecule has 1 saturated carbocycles. The van der Waals surface area contributed by atoms with Gasteiger partial charge in [0.1, 0.15) is 11.1 Å². The molecule has 0 aromatic heterocycles. The Bertz CT molecular complexity index is 1160. The molecule has 0 spiro atoms. The predicted octanol–water partition coefficient (Wildman–Crippen LogP) is 3.37. The highest BCUT2D eigenvalue weighted by Crippen LogP contribution is 2.40. The van der Waals surface area contributed by atoms with Crippen LogP contribution in [0.5, 0.6) is 0 Å². The Morgan fingerprint density at radius 2 is 1.84 bits per heavy atom. The van der Waals surface area contributed by atoms with Gasteiger partial charge < -0.3 is 40.0 Å². The molecule has 2 aliphatic carbocycles. The van der Waals surface area contributed by atoms with Crippen LogP contribution in [0.1, 0.15) is 71.3 Å². The van der Waals surface area contributed by atoms with Gasteiger partial charge in [0, 0.05) is 25.6 Å². The van der Waals surface area contributed by atoms with Gasteiger partial charge in [0.2, 0.25) is 6.79 Å². The van der Waals surface area contributed by atoms with Crippen LogP contribution < -0.4 is 11.1 Å². The average molecular weight is 613 g/mol. The second-order valence-electron chi connectivity index (χ2n) is 13.5. The van der Waals surface area contributed by atoms with E-state index < -0.39 is 42.4 Å². The number of hydrogen-bond acceptors (Lipinski definition) is 10. The van der Waals surface area contributed by atoms with Crippen LogP contribution in [-0.2, 0) is 28.5 Å². The number of hydrogen-bond donors (Lipinski definition) is 4. The second kappa shape index (κ2) is 15.2. The number of nitrogens with one attached hydrogen (secondary N) is 1. The molecule has 5 N–H and O–H groups in total. The first kappa shape index (κ1) is 34.3. The van der Waals surface area contributed by atoms with E-state index >= 15 is 0 Å². The highest BCUT2D eigenvalue weighted by Gasteiger charge is 2.49. The van der Waals surface area contributed by atoms with E-state index in [0.717, 1.165) is 12.8 Å². The van der Waals surface area contributed by atoms with E-state index in [1.807, 2.05) is 18.2 Å². The zero-order chi connectivity index (χ0) is 31.8. The largest absolute Gasteiger partial charge is 0.451 e. The Hall–Kier alpha value is -2.54. The molecule has 1 saturated heterocycles. The van der Waals surface area contributed by atoms with Crippen molar-refractivity contribution in [3.63, 3.8) is 0 Å². The summed E-state index contributed by atoms with van der Waals surface area (Å²) in [5, 5.41) is 22.1. The maximum absolute atomic E-state index is 13.3. The number of carbonyl (C=O) groups excluding carboxylic acids is 2. The van der Waals surface area contributed by atoms with E-state index in [9.17, 15) is 19.6 Å². The molecule has 2 unspecified atom stereocenters. The van der Waals surface area contributed by atoms with Crippen molar-refractivity contribution >= 4 is 24.6 Å². The lowest BCUT2D eigenvalue weighted by molar-refractivity contribution is -0.178. The van der Waals surface area contributed by atoms with Gasteiger partial charge in [-0.3, -0.25) is 4.79 Å². The van der Waals surface area contributed by atoms with Crippen LogP contribution in [0.25, 0.3) is 5.57 Å². The SMILES string of the molecule is CC(C)(C)C(=O)OCOC(=O)[C@](N)(CCCCB(O)O)C1CC(NCC2(OC3CCOC3)C=CC(c3ccccc3)=CC2)C1. The standard InChI is InChI=1S/C33H49BN2O8/c1-31(2,3)29(37)42-23-43-30(38)33(35,14-7-8-17-34(39)40)26-19-27(20-26)36-22-32(44-28-13-18-41-21-28)15-11-25(12-16-32)24-9-5-4-6-10-24/h4-6,9-12,15,26-28,36,39-40H,7-8,13-14,16-23,35H2,1-3H3/t26?,27?,28?,32?,33-/m0/s1. The summed E-state index contributed by atoms with van der Waals surface area (Å²) in [6.45, 7) is 6.57. The minimum absolute atomic E-state index is 0.0403. The summed E-state index contributed by atoms with van der Waals surface area (Å²) in [4.78, 5) is 25.4. The molecule has 1 aliphatic heterocycles. The van der Waals surface area contributed by atoms with Crippen LogP contribution in [0.4, 0.5) is 0 Å². The van der Waals surface area contributed by atoms with Gasteiger partial charge in [0.15, 0.2) is 0 Å². The van der Waals surface area contributed by atoms with Gasteiger partial charge in [-0.1, -0.05) is 61.4 Å². The Morgan fingerprint density at radius 3 is 2.45 bits per heavy atom. The molecule has 0 bridgehead atoms. The summed E-state index contributed by atoms with van der Waals surface area (Å²) in [5.74, 6) is -1.22. The number of carbonyl (C=O) groups is 2. The summed E-state index contributed by atoms with van der Waals surface area (Å²) in [5.41, 5.74) is 6.58. The number of esters is 2. The summed E-state index contributed by atoms with van der Waals surface area (Å²) in [6, 6.07) is 10.4. The van der Waals surface area contributed by atoms with Crippen molar-refractivity contribution in [2.75, 3.05) is 26.6 Å². The van der Waals surface area contributed by atoms with Crippen molar-refractivity contribution < 1.29 is 38.6 Å². The molecule has 1 heterocycles. The predicted molar refractivity (Wildman–Crippen MR) is 168 cm³/mol. The summed E-state index contributed by atoms with van der Waals surface area (Å²) >= 11 is 0. The van der Waals surface area contributed by atoms with Gasteiger partial charge in [-0.2, -0.15) is 0 Å². The zero-order valence-corrected chi connectivity index (χ0v) is 26.3. The maximum atomic E-state index is 13.3. The lowest BCUT2D eigenvalue weighted by atomic mass is 9.66. The quantitative estimate of drug-likeness (QED) is 0.101. The van der Waals surface area contributed by atoms with Crippen molar-refractivity contribution in [1.82, 2.24) is 5.32 Å². The van der Waals surface area contributed by atoms with Crippen molar-refractivity contribution in [3.8, 4) is 0 Å². The first-order valence-electron chi connectivity index (χ1n) is 15.8. The van der Waals surface area contributed by atoms with E-state index in [4.69, 9.17) is 24.7 Å². The highest BCUT2D eigenvalue weighted by molar-refractivity contribution is 6.40. The van der Waals surface area contributed by atoms with Gasteiger partial charge in [-0.05, 0) is 69.8 Å². The molecule has 10 nitrogen and oxygen atoms in total. The molecule has 0 amide bonds. The molecule has 4 rings (SSSR count). The number of benzene rings is 1. The van der Waals surface area contributed by atoms with Gasteiger partial charge in [-0.25, -0.2) is 4.79 Å². The van der Waals surface area contributed by atoms with E-state index in [-0.39, 0.29) is 24.4 Å². The molecule has 3 atom stereocenters. The number of nitrogens with two attached hydrogens (primary N) is 1. The lowest BCUT2D eigenvalue weighted by Crippen LogP contribution is -2.62. The lowest BCUT2D eigenvalue weighted by Gasteiger charge is -2.47. The van der Waals surface area contributed by atoms with Crippen LogP contribution >= 0.6 is 0 Å². The molecule has 11 heteroatoms. The third-order valence-corrected chi connectivity index (χ3v) is 8.86. The van der Waals surface area contributed by atoms with Crippen molar-refractivity contribution in [3.05, 3.63) is 54.1 Å². The van der Waals surface area contributed by atoms with Crippen molar-refractivity contribution in [2.45, 2.75) is 95.3 Å². The Morgan fingerprint density at radius 1 is 1.11 bits per heavy atom. The fourth-order valence-corrected chi connectivity index (χ4v) is 5.93. The number of allylic oxidation sites excluding steroid dienone is 2. The topological polar surface area (TPSA) is 150 Å². The van der Waals surface area contributed by atoms with Crippen molar-refractivity contribution in [1.29, 1.82) is 0 Å². The fourth-order valence-electron chi connectivity index (χ4n) is 5.93. The van der Waals surface area contributed by atoms with Crippen LogP contribution in [0.2, 0.25) is 6.32 Å². The van der Waals surface area contributed by atoms with Gasteiger partial charge in [0.25, 0.3) is 0 Å². The zero-order valence-electron chi connectivity index (χ0n) is 26.3. The van der Waals surface area contributed by atoms with Gasteiger partial charge in [-0.15, -0.1) is 0 Å². The molecule has 1 aromatic rings. The number of unbranched alkanes of at least 4 members (excludes halogenated alkanes) is 1. The van der Waals surface area contributed by atoms with Crippen LogP contribution in [0.15, 0.2) is 48.6 Å². The third kappa shape index (κ3) is 9.25. The Balaban J connectivity index is 1.35. The monoisotopic (exact) mass is 612 g/mol. The maximum Gasteiger partial charge on any atom is 0.451 e. The minimum Gasteiger partial charge on any atom is -0.427 e. The van der Waals surface area contributed by atoms with Gasteiger partial charge in [0.05, 0.1) is 18.1 Å². The Kier molecular flexibility index (Phi) is 11.8. The molecule has 0 radical (unpaired) electrons. The first-order valence-corrected chi connectivity index (χ1v) is 15.8. The molecule has 242 valence electrons. The van der Waals surface area contributed by atoms with Gasteiger partial charge >= 0.3 is 19.1 Å². The number of ether oxygens (including phenoxy) is 4. The van der Waals surface area contributed by atoms with E-state index in [1.54, 1.807) is 20.8 Å². The normalized spacial score (nSPS) is 26.3. The first-order chi connectivity index (χ1) is 20.9. The summed E-state index contributed by atoms with van der Waals surface area (Å²) in [6.07, 6.45) is 11.1. The fraction of sp³-hybridized carbons (Fsp3) is 0.636. The van der Waals surface area contributed by atoms with E-state index in [0.29, 0.717) is 51.9 Å². The van der Waals surface area contributed by atoms with Crippen molar-refractivity contribution in [2.24, 2.45) is 17.1 Å². The minimum atomic E-state index is -1.40. The average Bonchev–Trinajstić information content (AvgIpc) is 3.47. The number of rotatable bonds is 15. The molecule has 2 fully saturated rings. The molecule has 44 heavy (non-hydrogen) atoms. The molecular formula is C33H49BN2O8. The molecule has 1 aromatic carbocycles. The second-order valence-corrected chi connectivity index (χ2v) is 13.5. The summed E-state index contributed by atoms with van der Waals surface area (Å²) < 4.78 is 22.7. The third-order valence-electron chi connectivity index (χ3n) is 8.86. The van der Waals surface area contributed by atoms with Crippen LogP contribution in [-0.4, -0.2) is 78.9 Å². The van der Waals surface area contributed by atoms with Crippen LogP contribution in [0, 0.1) is 11.3 Å². The van der Waals surface area contributed by atoms with Crippen LogP contribution in [0.3, 0.4) is 0 Å². The highest BCUT2D eigenvalue weighted by atomic mass is 16.7. The molecular weight excluding hydrogens is 563 g/mol. The Labute approximate surface area is 261 Å². The smallest absolute Gasteiger partial charge is 0.427 e. The van der Waals surface area contributed by atoms with E-state index in [2.05, 4.69) is 35.7 Å². The van der Waals surface area contributed by atoms with E-state index in [1.165, 1.54) is 11.1 Å².